The zero-order chi connectivity index (χ0) is 13.6. The summed E-state index contributed by atoms with van der Waals surface area (Å²) in [5.74, 6) is 0.765. The zero-order valence-corrected chi connectivity index (χ0v) is 10.9. The molecule has 0 saturated heterocycles. The topological polar surface area (TPSA) is 20.7 Å². The first-order chi connectivity index (χ1) is 8.95. The van der Waals surface area contributed by atoms with E-state index in [1.807, 2.05) is 4.57 Å². The summed E-state index contributed by atoms with van der Waals surface area (Å²) in [6.45, 7) is 0.773. The van der Waals surface area contributed by atoms with Crippen molar-refractivity contribution in [1.29, 1.82) is 0 Å². The quantitative estimate of drug-likeness (QED) is 0.823. The van der Waals surface area contributed by atoms with Gasteiger partial charge in [0.25, 0.3) is 0 Å². The summed E-state index contributed by atoms with van der Waals surface area (Å²) in [6, 6.07) is 3.73. The number of halogens is 3. The van der Waals surface area contributed by atoms with Crippen LogP contribution < -0.4 is 0 Å². The van der Waals surface area contributed by atoms with E-state index < -0.39 is 11.7 Å². The molecule has 102 valence electrons. The van der Waals surface area contributed by atoms with Gasteiger partial charge in [-0.05, 0) is 42.8 Å². The molecule has 0 aliphatic heterocycles. The number of nitrogens with zero attached hydrogens (tertiary/aromatic N) is 1. The molecule has 6 heteroatoms. The number of hydrogen-bond acceptors (Lipinski definition) is 1. The molecule has 0 spiro atoms. The van der Waals surface area contributed by atoms with Crippen LogP contribution >= 0.6 is 12.2 Å². The largest absolute Gasteiger partial charge is 0.416 e. The van der Waals surface area contributed by atoms with Crippen molar-refractivity contribution in [2.45, 2.75) is 32.0 Å². The molecule has 0 radical (unpaired) electrons. The second-order valence-electron chi connectivity index (χ2n) is 5.04. The van der Waals surface area contributed by atoms with Gasteiger partial charge in [0.1, 0.15) is 0 Å². The normalized spacial score (nSPS) is 16.2. The van der Waals surface area contributed by atoms with Crippen LogP contribution in [-0.4, -0.2) is 9.55 Å². The van der Waals surface area contributed by atoms with E-state index in [9.17, 15) is 13.2 Å². The maximum atomic E-state index is 12.6. The molecule has 1 aromatic heterocycles. The Labute approximate surface area is 113 Å². The van der Waals surface area contributed by atoms with Gasteiger partial charge in [-0.3, -0.25) is 0 Å². The fourth-order valence-electron chi connectivity index (χ4n) is 2.28. The van der Waals surface area contributed by atoms with Crippen LogP contribution in [0.15, 0.2) is 18.2 Å². The van der Waals surface area contributed by atoms with Crippen LogP contribution in [0.4, 0.5) is 13.2 Å². The number of nitrogens with one attached hydrogen (secondary N) is 1. The Morgan fingerprint density at radius 3 is 2.68 bits per heavy atom. The SMILES string of the molecule is FC(F)(F)c1ccc2c(c1)[nH]c(=S)n2CCC1CC1. The molecule has 1 aromatic carbocycles. The van der Waals surface area contributed by atoms with Crippen molar-refractivity contribution in [3.05, 3.63) is 28.5 Å². The molecule has 1 N–H and O–H groups in total. The number of alkyl halides is 3. The molecule has 3 rings (SSSR count). The van der Waals surface area contributed by atoms with Gasteiger partial charge in [0.15, 0.2) is 4.77 Å². The highest BCUT2D eigenvalue weighted by atomic mass is 32.1. The van der Waals surface area contributed by atoms with Gasteiger partial charge in [-0.25, -0.2) is 0 Å². The minimum Gasteiger partial charge on any atom is -0.331 e. The van der Waals surface area contributed by atoms with Crippen molar-refractivity contribution in [2.75, 3.05) is 0 Å². The molecule has 0 atom stereocenters. The van der Waals surface area contributed by atoms with E-state index in [0.717, 1.165) is 36.5 Å². The minimum atomic E-state index is -4.32. The number of aryl methyl sites for hydroxylation is 1. The second kappa shape index (κ2) is 4.37. The number of H-pyrrole nitrogens is 1. The van der Waals surface area contributed by atoms with Gasteiger partial charge in [0.2, 0.25) is 0 Å². The highest BCUT2D eigenvalue weighted by molar-refractivity contribution is 7.71. The third kappa shape index (κ3) is 2.54. The van der Waals surface area contributed by atoms with E-state index in [-0.39, 0.29) is 0 Å². The third-order valence-corrected chi connectivity index (χ3v) is 3.88. The van der Waals surface area contributed by atoms with Crippen molar-refractivity contribution in [2.24, 2.45) is 5.92 Å². The Morgan fingerprint density at radius 2 is 2.05 bits per heavy atom. The Hall–Kier alpha value is -1.30. The highest BCUT2D eigenvalue weighted by Crippen LogP contribution is 2.34. The molecule has 2 aromatic rings. The van der Waals surface area contributed by atoms with Crippen molar-refractivity contribution in [3.8, 4) is 0 Å². The summed E-state index contributed by atoms with van der Waals surface area (Å²) in [6.07, 6.45) is -0.760. The summed E-state index contributed by atoms with van der Waals surface area (Å²) in [5.41, 5.74) is 0.555. The van der Waals surface area contributed by atoms with Gasteiger partial charge in [-0.2, -0.15) is 13.2 Å². The van der Waals surface area contributed by atoms with Crippen molar-refractivity contribution >= 4 is 23.3 Å². The summed E-state index contributed by atoms with van der Waals surface area (Å²) in [4.78, 5) is 2.86. The zero-order valence-electron chi connectivity index (χ0n) is 10.1. The standard InChI is InChI=1S/C13H13F3N2S/c14-13(15,16)9-3-4-11-10(7-9)17-12(19)18(11)6-5-8-1-2-8/h3-4,7-8H,1-2,5-6H2,(H,17,19). The van der Waals surface area contributed by atoms with E-state index >= 15 is 0 Å². The lowest BCUT2D eigenvalue weighted by Gasteiger charge is -2.07. The van der Waals surface area contributed by atoms with E-state index in [1.165, 1.54) is 18.9 Å². The van der Waals surface area contributed by atoms with Crippen molar-refractivity contribution in [1.82, 2.24) is 9.55 Å². The molecule has 0 bridgehead atoms. The number of aromatic amines is 1. The van der Waals surface area contributed by atoms with Gasteiger partial charge >= 0.3 is 6.18 Å². The van der Waals surface area contributed by atoms with Crippen LogP contribution in [0.5, 0.6) is 0 Å². The van der Waals surface area contributed by atoms with Crippen molar-refractivity contribution in [3.63, 3.8) is 0 Å². The summed E-state index contributed by atoms with van der Waals surface area (Å²) >= 11 is 5.19. The molecule has 2 nitrogen and oxygen atoms in total. The lowest BCUT2D eigenvalue weighted by molar-refractivity contribution is -0.137. The van der Waals surface area contributed by atoms with Gasteiger partial charge in [-0.15, -0.1) is 0 Å². The molecule has 1 saturated carbocycles. The molecule has 1 heterocycles. The van der Waals surface area contributed by atoms with Crippen LogP contribution in [0.2, 0.25) is 0 Å². The molecular formula is C13H13F3N2S. The highest BCUT2D eigenvalue weighted by Gasteiger charge is 2.30. The van der Waals surface area contributed by atoms with E-state index in [1.54, 1.807) is 0 Å². The van der Waals surface area contributed by atoms with Gasteiger partial charge in [0, 0.05) is 6.54 Å². The molecule has 1 aliphatic carbocycles. The van der Waals surface area contributed by atoms with E-state index in [2.05, 4.69) is 4.98 Å². The molecular weight excluding hydrogens is 273 g/mol. The predicted octanol–water partition coefficient (Wildman–Crippen LogP) is 4.52. The second-order valence-corrected chi connectivity index (χ2v) is 5.43. The number of hydrogen-bond donors (Lipinski definition) is 1. The fourth-order valence-corrected chi connectivity index (χ4v) is 2.58. The number of rotatable bonds is 3. The van der Waals surface area contributed by atoms with Gasteiger partial charge < -0.3 is 9.55 Å². The Balaban J connectivity index is 1.99. The smallest absolute Gasteiger partial charge is 0.331 e. The maximum Gasteiger partial charge on any atom is 0.416 e. The maximum absolute atomic E-state index is 12.6. The Kier molecular flexibility index (Phi) is 2.92. The molecule has 1 fully saturated rings. The molecule has 0 unspecified atom stereocenters. The first-order valence-electron chi connectivity index (χ1n) is 6.25. The number of imidazole rings is 1. The van der Waals surface area contributed by atoms with Crippen LogP contribution in [0.3, 0.4) is 0 Å². The lowest BCUT2D eigenvalue weighted by Crippen LogP contribution is -2.04. The number of benzene rings is 1. The van der Waals surface area contributed by atoms with E-state index in [4.69, 9.17) is 12.2 Å². The molecule has 1 aliphatic rings. The predicted molar refractivity (Wildman–Crippen MR) is 69.5 cm³/mol. The number of aromatic nitrogens is 2. The third-order valence-electron chi connectivity index (χ3n) is 3.56. The Morgan fingerprint density at radius 1 is 1.32 bits per heavy atom. The lowest BCUT2D eigenvalue weighted by atomic mass is 10.2. The minimum absolute atomic E-state index is 0.454. The van der Waals surface area contributed by atoms with Gasteiger partial charge in [-0.1, -0.05) is 12.8 Å². The molecule has 0 amide bonds. The van der Waals surface area contributed by atoms with Crippen LogP contribution in [0.1, 0.15) is 24.8 Å². The Bertz CT molecular complexity index is 665. The van der Waals surface area contributed by atoms with Crippen molar-refractivity contribution < 1.29 is 13.2 Å². The summed E-state index contributed by atoms with van der Waals surface area (Å²) in [5, 5.41) is 0. The van der Waals surface area contributed by atoms with Crippen LogP contribution in [-0.2, 0) is 12.7 Å². The first-order valence-corrected chi connectivity index (χ1v) is 6.66. The average Bonchev–Trinajstić information content (AvgIpc) is 3.08. The fraction of sp³-hybridized carbons (Fsp3) is 0.462. The van der Waals surface area contributed by atoms with Gasteiger partial charge in [0.05, 0.1) is 16.6 Å². The molecule has 19 heavy (non-hydrogen) atoms. The first kappa shape index (κ1) is 12.7. The van der Waals surface area contributed by atoms with Crippen LogP contribution in [0, 0.1) is 10.7 Å². The number of fused-ring (bicyclic) bond motifs is 1. The monoisotopic (exact) mass is 286 g/mol. The van der Waals surface area contributed by atoms with Crippen LogP contribution in [0.25, 0.3) is 11.0 Å². The van der Waals surface area contributed by atoms with E-state index in [0.29, 0.717) is 10.3 Å². The summed E-state index contributed by atoms with van der Waals surface area (Å²) in [7, 11) is 0. The summed E-state index contributed by atoms with van der Waals surface area (Å²) < 4.78 is 40.3. The average molecular weight is 286 g/mol.